The number of sulfonamides is 1. The molecule has 0 fully saturated rings. The summed E-state index contributed by atoms with van der Waals surface area (Å²) in [7, 11) is -2.59. The number of hydrogen-bond acceptors (Lipinski definition) is 5. The first kappa shape index (κ1) is 18.3. The van der Waals surface area contributed by atoms with Gasteiger partial charge in [0, 0.05) is 0 Å². The molecule has 2 aromatic carbocycles. The fraction of sp³-hybridized carbons (Fsp3) is 0.222. The van der Waals surface area contributed by atoms with E-state index in [-0.39, 0.29) is 16.2 Å². The molecule has 8 heteroatoms. The second-order valence-corrected chi connectivity index (χ2v) is 8.44. The van der Waals surface area contributed by atoms with Gasteiger partial charge in [0.25, 0.3) is 10.0 Å². The molecule has 0 bridgehead atoms. The summed E-state index contributed by atoms with van der Waals surface area (Å²) >= 11 is 1.23. The monoisotopic (exact) mass is 390 g/mol. The molecule has 0 N–H and O–H groups in total. The van der Waals surface area contributed by atoms with Crippen molar-refractivity contribution in [2.45, 2.75) is 25.3 Å². The maximum atomic E-state index is 12.6. The lowest BCUT2D eigenvalue weighted by molar-refractivity contribution is -0.141. The minimum Gasteiger partial charge on any atom is -0.468 e. The van der Waals surface area contributed by atoms with Crippen molar-refractivity contribution in [2.75, 3.05) is 7.11 Å². The van der Waals surface area contributed by atoms with E-state index in [1.54, 1.807) is 22.8 Å². The summed E-state index contributed by atoms with van der Waals surface area (Å²) < 4.78 is 36.4. The lowest BCUT2D eigenvalue weighted by atomic mass is 10.1. The van der Waals surface area contributed by atoms with E-state index in [1.165, 1.54) is 30.6 Å². The molecule has 0 unspecified atom stereocenters. The van der Waals surface area contributed by atoms with Gasteiger partial charge < -0.3 is 9.30 Å². The van der Waals surface area contributed by atoms with E-state index in [1.807, 2.05) is 26.0 Å². The summed E-state index contributed by atoms with van der Waals surface area (Å²) in [4.78, 5) is 12.2. The Hall–Kier alpha value is -2.45. The number of carbonyl (C=O) groups excluding carboxylic acids is 1. The lowest BCUT2D eigenvalue weighted by Gasteiger charge is -2.05. The number of carbonyl (C=O) groups is 1. The molecule has 3 rings (SSSR count). The first-order chi connectivity index (χ1) is 12.3. The molecule has 1 aromatic heterocycles. The van der Waals surface area contributed by atoms with Gasteiger partial charge in [0.1, 0.15) is 6.54 Å². The zero-order valence-corrected chi connectivity index (χ0v) is 16.2. The number of aromatic nitrogens is 1. The maximum absolute atomic E-state index is 12.6. The van der Waals surface area contributed by atoms with Crippen LogP contribution in [-0.4, -0.2) is 26.1 Å². The number of rotatable bonds is 4. The molecule has 0 radical (unpaired) electrons. The summed E-state index contributed by atoms with van der Waals surface area (Å²) in [5, 5.41) is 0. The van der Waals surface area contributed by atoms with E-state index < -0.39 is 16.0 Å². The Kier molecular flexibility index (Phi) is 4.97. The van der Waals surface area contributed by atoms with Crippen LogP contribution >= 0.6 is 11.3 Å². The largest absolute Gasteiger partial charge is 0.468 e. The van der Waals surface area contributed by atoms with Crippen LogP contribution in [-0.2, 0) is 26.1 Å². The van der Waals surface area contributed by atoms with Crippen LogP contribution in [0.1, 0.15) is 11.1 Å². The van der Waals surface area contributed by atoms with Crippen LogP contribution in [0, 0.1) is 13.8 Å². The highest BCUT2D eigenvalue weighted by atomic mass is 32.2. The molecule has 0 saturated carbocycles. The molecule has 0 saturated heterocycles. The molecule has 0 atom stereocenters. The van der Waals surface area contributed by atoms with Gasteiger partial charge in [0.15, 0.2) is 0 Å². The highest BCUT2D eigenvalue weighted by Gasteiger charge is 2.16. The predicted molar refractivity (Wildman–Crippen MR) is 100 cm³/mol. The van der Waals surface area contributed by atoms with E-state index >= 15 is 0 Å². The van der Waals surface area contributed by atoms with Crippen LogP contribution in [0.4, 0.5) is 0 Å². The number of fused-ring (bicyclic) bond motifs is 1. The number of aryl methyl sites for hydroxylation is 2. The third kappa shape index (κ3) is 3.56. The van der Waals surface area contributed by atoms with Crippen LogP contribution in [0.2, 0.25) is 0 Å². The standard InChI is InChI=1S/C18H18N2O4S2/c1-12-9-15-16(10-13(12)2)25-18(20(15)11-17(21)24-3)19-26(22,23)14-7-5-4-6-8-14/h4-10H,11H2,1-3H3/b19-18-. The van der Waals surface area contributed by atoms with E-state index in [9.17, 15) is 13.2 Å². The van der Waals surface area contributed by atoms with Gasteiger partial charge in [-0.25, -0.2) is 0 Å². The Morgan fingerprint density at radius 2 is 1.81 bits per heavy atom. The van der Waals surface area contributed by atoms with E-state index in [2.05, 4.69) is 4.40 Å². The SMILES string of the molecule is COC(=O)Cn1/c(=N/S(=O)(=O)c2ccccc2)sc2cc(C)c(C)cc21. The number of methoxy groups -OCH3 is 1. The van der Waals surface area contributed by atoms with Crippen molar-refractivity contribution in [3.63, 3.8) is 0 Å². The summed E-state index contributed by atoms with van der Waals surface area (Å²) in [6, 6.07) is 11.9. The summed E-state index contributed by atoms with van der Waals surface area (Å²) in [5.74, 6) is -0.471. The third-order valence-corrected chi connectivity index (χ3v) is 6.49. The molecule has 0 aliphatic heterocycles. The fourth-order valence-electron chi connectivity index (χ4n) is 2.49. The van der Waals surface area contributed by atoms with E-state index in [0.717, 1.165) is 21.3 Å². The van der Waals surface area contributed by atoms with Gasteiger partial charge in [-0.2, -0.15) is 8.42 Å². The highest BCUT2D eigenvalue weighted by Crippen LogP contribution is 2.22. The number of thiazole rings is 1. The van der Waals surface area contributed by atoms with Crippen molar-refractivity contribution in [2.24, 2.45) is 4.40 Å². The lowest BCUT2D eigenvalue weighted by Crippen LogP contribution is -2.22. The number of hydrogen-bond donors (Lipinski definition) is 0. The fourth-order valence-corrected chi connectivity index (χ4v) is 4.82. The molecule has 1 heterocycles. The molecular formula is C18H18N2O4S2. The third-order valence-electron chi connectivity index (χ3n) is 4.05. The topological polar surface area (TPSA) is 77.7 Å². The van der Waals surface area contributed by atoms with Gasteiger partial charge >= 0.3 is 5.97 Å². The number of nitrogens with zero attached hydrogens (tertiary/aromatic N) is 2. The predicted octanol–water partition coefficient (Wildman–Crippen LogP) is 2.78. The molecule has 0 aliphatic rings. The smallest absolute Gasteiger partial charge is 0.325 e. The second kappa shape index (κ2) is 7.05. The van der Waals surface area contributed by atoms with Crippen molar-refractivity contribution in [1.82, 2.24) is 4.57 Å². The summed E-state index contributed by atoms with van der Waals surface area (Å²) in [6.07, 6.45) is 0. The minimum absolute atomic E-state index is 0.106. The Balaban J connectivity index is 2.27. The maximum Gasteiger partial charge on any atom is 0.325 e. The average Bonchev–Trinajstić information content (AvgIpc) is 2.92. The van der Waals surface area contributed by atoms with Crippen molar-refractivity contribution in [3.8, 4) is 0 Å². The summed E-state index contributed by atoms with van der Waals surface area (Å²) in [6.45, 7) is 3.84. The Morgan fingerprint density at radius 1 is 1.15 bits per heavy atom. The molecule has 0 amide bonds. The zero-order valence-electron chi connectivity index (χ0n) is 14.6. The van der Waals surface area contributed by atoms with E-state index in [0.29, 0.717) is 0 Å². The van der Waals surface area contributed by atoms with Crippen LogP contribution < -0.4 is 4.80 Å². The molecular weight excluding hydrogens is 372 g/mol. The molecule has 26 heavy (non-hydrogen) atoms. The first-order valence-electron chi connectivity index (χ1n) is 7.85. The van der Waals surface area contributed by atoms with Gasteiger partial charge in [0.2, 0.25) is 4.80 Å². The summed E-state index contributed by atoms with van der Waals surface area (Å²) in [5.41, 5.74) is 2.89. The molecule has 6 nitrogen and oxygen atoms in total. The van der Waals surface area contributed by atoms with Crippen LogP contribution in [0.15, 0.2) is 51.8 Å². The van der Waals surface area contributed by atoms with Crippen molar-refractivity contribution < 1.29 is 17.9 Å². The van der Waals surface area contributed by atoms with Gasteiger partial charge in [0.05, 0.1) is 22.2 Å². The van der Waals surface area contributed by atoms with Gasteiger partial charge in [-0.3, -0.25) is 4.79 Å². The Labute approximate surface area is 155 Å². The minimum atomic E-state index is -3.88. The molecule has 136 valence electrons. The van der Waals surface area contributed by atoms with Gasteiger partial charge in [-0.05, 0) is 49.2 Å². The van der Waals surface area contributed by atoms with Crippen LogP contribution in [0.25, 0.3) is 10.2 Å². The van der Waals surface area contributed by atoms with E-state index in [4.69, 9.17) is 4.74 Å². The van der Waals surface area contributed by atoms with Crippen LogP contribution in [0.5, 0.6) is 0 Å². The van der Waals surface area contributed by atoms with Gasteiger partial charge in [-0.1, -0.05) is 29.5 Å². The van der Waals surface area contributed by atoms with Crippen molar-refractivity contribution in [3.05, 3.63) is 58.4 Å². The average molecular weight is 390 g/mol. The van der Waals surface area contributed by atoms with Gasteiger partial charge in [-0.15, -0.1) is 4.40 Å². The molecule has 0 spiro atoms. The number of ether oxygens (including phenoxy) is 1. The first-order valence-corrected chi connectivity index (χ1v) is 10.1. The molecule has 3 aromatic rings. The van der Waals surface area contributed by atoms with Crippen molar-refractivity contribution >= 4 is 37.5 Å². The Bertz CT molecular complexity index is 1140. The normalized spacial score (nSPS) is 12.5. The molecule has 0 aliphatic carbocycles. The van der Waals surface area contributed by atoms with Crippen LogP contribution in [0.3, 0.4) is 0 Å². The number of benzene rings is 2. The quantitative estimate of drug-likeness (QED) is 0.642. The second-order valence-electron chi connectivity index (χ2n) is 5.83. The highest BCUT2D eigenvalue weighted by molar-refractivity contribution is 7.90. The zero-order chi connectivity index (χ0) is 18.9. The Morgan fingerprint density at radius 3 is 2.46 bits per heavy atom. The number of esters is 1. The van der Waals surface area contributed by atoms with Crippen molar-refractivity contribution in [1.29, 1.82) is 0 Å².